The molecule has 0 saturated carbocycles. The molecule has 10 aromatic rings. The number of benzene rings is 8. The molecule has 10 rings (SSSR count). The minimum atomic E-state index is 0.878. The van der Waals surface area contributed by atoms with Crippen LogP contribution in [0.1, 0.15) is 0 Å². The van der Waals surface area contributed by atoms with E-state index in [2.05, 4.69) is 175 Å². The zero-order chi connectivity index (χ0) is 32.3. The van der Waals surface area contributed by atoms with Crippen LogP contribution in [0.4, 0.5) is 17.1 Å². The molecule has 0 bridgehead atoms. The number of fused-ring (bicyclic) bond motifs is 7. The lowest BCUT2D eigenvalue weighted by Crippen LogP contribution is -2.10. The van der Waals surface area contributed by atoms with Crippen molar-refractivity contribution in [1.82, 2.24) is 0 Å². The Labute approximate surface area is 287 Å². The van der Waals surface area contributed by atoms with Crippen LogP contribution in [0, 0.1) is 0 Å². The fraction of sp³-hybridized carbons (Fsp3) is 0. The van der Waals surface area contributed by atoms with Gasteiger partial charge in [-0.2, -0.15) is 0 Å². The maximum Gasteiger partial charge on any atom is 0.159 e. The van der Waals surface area contributed by atoms with Gasteiger partial charge in [0.25, 0.3) is 0 Å². The predicted molar refractivity (Wildman–Crippen MR) is 210 cm³/mol. The van der Waals surface area contributed by atoms with Crippen LogP contribution in [-0.4, -0.2) is 0 Å². The molecule has 0 radical (unpaired) electrons. The summed E-state index contributed by atoms with van der Waals surface area (Å²) in [6.45, 7) is 0. The first-order valence-corrected chi connectivity index (χ1v) is 17.4. The first-order chi connectivity index (χ1) is 24.3. The molecule has 3 heteroatoms. The van der Waals surface area contributed by atoms with Gasteiger partial charge in [0.15, 0.2) is 5.58 Å². The zero-order valence-electron chi connectivity index (χ0n) is 26.5. The highest BCUT2D eigenvalue weighted by Crippen LogP contribution is 2.50. The van der Waals surface area contributed by atoms with Gasteiger partial charge in [0.1, 0.15) is 5.58 Å². The van der Waals surface area contributed by atoms with Crippen molar-refractivity contribution in [3.63, 3.8) is 0 Å². The average molecular weight is 644 g/mol. The normalized spacial score (nSPS) is 11.7. The van der Waals surface area contributed by atoms with Gasteiger partial charge < -0.3 is 9.32 Å². The van der Waals surface area contributed by atoms with Gasteiger partial charge in [0.2, 0.25) is 0 Å². The Balaban J connectivity index is 1.25. The molecule has 0 aliphatic carbocycles. The second-order valence-corrected chi connectivity index (χ2v) is 13.5. The first kappa shape index (κ1) is 27.9. The van der Waals surface area contributed by atoms with Gasteiger partial charge in [0.05, 0.1) is 16.1 Å². The Bertz CT molecular complexity index is 2820. The smallest absolute Gasteiger partial charge is 0.159 e. The van der Waals surface area contributed by atoms with Crippen LogP contribution in [-0.2, 0) is 0 Å². The molecule has 49 heavy (non-hydrogen) atoms. The van der Waals surface area contributed by atoms with E-state index in [1.54, 1.807) is 0 Å². The molecule has 2 nitrogen and oxygen atoms in total. The molecule has 0 N–H and O–H groups in total. The van der Waals surface area contributed by atoms with Crippen LogP contribution in [0.15, 0.2) is 180 Å². The van der Waals surface area contributed by atoms with Crippen LogP contribution in [0.5, 0.6) is 0 Å². The second-order valence-electron chi connectivity index (χ2n) is 12.5. The van der Waals surface area contributed by atoms with Crippen LogP contribution >= 0.6 is 11.3 Å². The molecule has 0 unspecified atom stereocenters. The minimum absolute atomic E-state index is 0.878. The summed E-state index contributed by atoms with van der Waals surface area (Å²) in [6.07, 6.45) is 0. The summed E-state index contributed by atoms with van der Waals surface area (Å²) in [5.74, 6) is 0. The topological polar surface area (TPSA) is 16.4 Å². The maximum atomic E-state index is 6.67. The molecule has 0 atom stereocenters. The Hall–Kier alpha value is -6.16. The molecule has 2 heterocycles. The van der Waals surface area contributed by atoms with Gasteiger partial charge in [-0.25, -0.2) is 0 Å². The molecule has 0 fully saturated rings. The lowest BCUT2D eigenvalue weighted by Gasteiger charge is -2.27. The highest BCUT2D eigenvalue weighted by atomic mass is 32.1. The summed E-state index contributed by atoms with van der Waals surface area (Å²) >= 11 is 1.85. The third-order valence-electron chi connectivity index (χ3n) is 9.68. The summed E-state index contributed by atoms with van der Waals surface area (Å²) < 4.78 is 9.19. The maximum absolute atomic E-state index is 6.67. The zero-order valence-corrected chi connectivity index (χ0v) is 27.3. The number of hydrogen-bond acceptors (Lipinski definition) is 3. The molecule has 0 saturated heterocycles. The van der Waals surface area contributed by atoms with Crippen molar-refractivity contribution in [1.29, 1.82) is 0 Å². The molecule has 0 amide bonds. The standard InChI is InChI=1S/C46H29NOS/c1-2-12-31(13-3-1)36-28-29-41(46-44(36)39-18-7-9-23-43(39)49-46)47(40-21-11-20-38-37-17-6-8-22-42(37)48-45(38)40)33-26-24-32(25-27-33)35-19-10-15-30-14-4-5-16-34(30)35/h1-29H. The highest BCUT2D eigenvalue weighted by Gasteiger charge is 2.24. The van der Waals surface area contributed by atoms with Gasteiger partial charge in [0, 0.05) is 31.9 Å². The van der Waals surface area contributed by atoms with E-state index < -0.39 is 0 Å². The van der Waals surface area contributed by atoms with Crippen LogP contribution in [0.3, 0.4) is 0 Å². The van der Waals surface area contributed by atoms with E-state index in [-0.39, 0.29) is 0 Å². The van der Waals surface area contributed by atoms with E-state index >= 15 is 0 Å². The third-order valence-corrected chi connectivity index (χ3v) is 10.9. The quantitative estimate of drug-likeness (QED) is 0.186. The molecule has 2 aromatic heterocycles. The van der Waals surface area contributed by atoms with E-state index in [4.69, 9.17) is 4.42 Å². The van der Waals surface area contributed by atoms with Crippen molar-refractivity contribution in [3.05, 3.63) is 176 Å². The third kappa shape index (κ3) is 4.47. The number of thiophene rings is 1. The Morgan fingerprint density at radius 2 is 1.10 bits per heavy atom. The Morgan fingerprint density at radius 3 is 1.98 bits per heavy atom. The van der Waals surface area contributed by atoms with Crippen molar-refractivity contribution in [3.8, 4) is 22.3 Å². The Morgan fingerprint density at radius 1 is 0.429 bits per heavy atom. The summed E-state index contributed by atoms with van der Waals surface area (Å²) in [5.41, 5.74) is 9.86. The van der Waals surface area contributed by atoms with E-state index in [0.717, 1.165) is 39.0 Å². The molecular formula is C46H29NOS. The van der Waals surface area contributed by atoms with E-state index in [1.807, 2.05) is 17.4 Å². The van der Waals surface area contributed by atoms with Gasteiger partial charge in [-0.05, 0) is 69.4 Å². The number of anilines is 3. The lowest BCUT2D eigenvalue weighted by atomic mass is 9.97. The minimum Gasteiger partial charge on any atom is -0.454 e. The fourth-order valence-corrected chi connectivity index (χ4v) is 8.66. The van der Waals surface area contributed by atoms with Crippen molar-refractivity contribution in [2.75, 3.05) is 4.90 Å². The van der Waals surface area contributed by atoms with Crippen molar-refractivity contribution in [2.45, 2.75) is 0 Å². The van der Waals surface area contributed by atoms with E-state index in [9.17, 15) is 0 Å². The number of furan rings is 1. The predicted octanol–water partition coefficient (Wildman–Crippen LogP) is 13.9. The molecule has 0 aliphatic rings. The summed E-state index contributed by atoms with van der Waals surface area (Å²) in [6, 6.07) is 63.1. The molecule has 0 aliphatic heterocycles. The molecular weight excluding hydrogens is 615 g/mol. The van der Waals surface area contributed by atoms with Crippen LogP contribution in [0.2, 0.25) is 0 Å². The Kier molecular flexibility index (Phi) is 6.39. The average Bonchev–Trinajstić information content (AvgIpc) is 3.75. The van der Waals surface area contributed by atoms with Crippen LogP contribution in [0.25, 0.3) is 75.1 Å². The number of para-hydroxylation sites is 2. The van der Waals surface area contributed by atoms with Crippen LogP contribution < -0.4 is 4.90 Å². The van der Waals surface area contributed by atoms with Crippen molar-refractivity contribution >= 4 is 81.3 Å². The first-order valence-electron chi connectivity index (χ1n) is 16.6. The molecule has 230 valence electrons. The number of hydrogen-bond donors (Lipinski definition) is 0. The molecule has 0 spiro atoms. The highest BCUT2D eigenvalue weighted by molar-refractivity contribution is 7.26. The lowest BCUT2D eigenvalue weighted by molar-refractivity contribution is 0.669. The summed E-state index contributed by atoms with van der Waals surface area (Å²) in [7, 11) is 0. The van der Waals surface area contributed by atoms with Gasteiger partial charge in [-0.15, -0.1) is 11.3 Å². The SMILES string of the molecule is c1ccc(-c2ccc(N(c3ccc(-c4cccc5ccccc45)cc3)c3cccc4c3oc3ccccc34)c3sc4ccccc4c23)cc1. The van der Waals surface area contributed by atoms with Gasteiger partial charge >= 0.3 is 0 Å². The fourth-order valence-electron chi connectivity index (χ4n) is 7.43. The van der Waals surface area contributed by atoms with Crippen molar-refractivity contribution < 1.29 is 4.42 Å². The summed E-state index contributed by atoms with van der Waals surface area (Å²) in [5, 5.41) is 7.28. The largest absolute Gasteiger partial charge is 0.454 e. The van der Waals surface area contributed by atoms with E-state index in [0.29, 0.717) is 0 Å². The van der Waals surface area contributed by atoms with Crippen molar-refractivity contribution in [2.24, 2.45) is 0 Å². The van der Waals surface area contributed by atoms with Gasteiger partial charge in [-0.3, -0.25) is 0 Å². The number of nitrogens with zero attached hydrogens (tertiary/aromatic N) is 1. The van der Waals surface area contributed by atoms with Gasteiger partial charge in [-0.1, -0.05) is 140 Å². The van der Waals surface area contributed by atoms with E-state index in [1.165, 1.54) is 53.2 Å². The number of rotatable bonds is 5. The second kappa shape index (κ2) is 11.2. The summed E-state index contributed by atoms with van der Waals surface area (Å²) in [4.78, 5) is 2.39. The monoisotopic (exact) mass is 643 g/mol. The molecule has 8 aromatic carbocycles.